The first kappa shape index (κ1) is 13.9. The van der Waals surface area contributed by atoms with Gasteiger partial charge in [-0.25, -0.2) is 0 Å². The van der Waals surface area contributed by atoms with Crippen molar-refractivity contribution in [3.8, 4) is 0 Å². The molecular formula is C11H22N2OS2. The number of thiocarbonyl (C=S) groups is 1. The Kier molecular flexibility index (Phi) is 6.28. The second-order valence-corrected chi connectivity index (χ2v) is 6.48. The third kappa shape index (κ3) is 5.80. The van der Waals surface area contributed by atoms with E-state index in [4.69, 9.17) is 12.2 Å². The molecule has 1 fully saturated rings. The van der Waals surface area contributed by atoms with E-state index in [1.54, 1.807) is 6.26 Å². The van der Waals surface area contributed by atoms with Gasteiger partial charge in [0.05, 0.1) is 0 Å². The average Bonchev–Trinajstić information content (AvgIpc) is 2.17. The van der Waals surface area contributed by atoms with Gasteiger partial charge in [0.1, 0.15) is 0 Å². The topological polar surface area (TPSA) is 41.1 Å². The molecule has 94 valence electrons. The van der Waals surface area contributed by atoms with E-state index in [0.29, 0.717) is 16.9 Å². The monoisotopic (exact) mass is 262 g/mol. The second-order valence-electron chi connectivity index (χ2n) is 4.59. The zero-order valence-corrected chi connectivity index (χ0v) is 11.8. The molecule has 2 N–H and O–H groups in total. The molecule has 0 heterocycles. The van der Waals surface area contributed by atoms with Crippen LogP contribution in [0.2, 0.25) is 0 Å². The van der Waals surface area contributed by atoms with Crippen molar-refractivity contribution < 1.29 is 4.21 Å². The predicted molar refractivity (Wildman–Crippen MR) is 74.1 cm³/mol. The molecule has 0 radical (unpaired) electrons. The maximum absolute atomic E-state index is 11.0. The Morgan fingerprint density at radius 2 is 2.06 bits per heavy atom. The largest absolute Gasteiger partial charge is 0.360 e. The van der Waals surface area contributed by atoms with Crippen molar-refractivity contribution in [2.75, 3.05) is 12.0 Å². The lowest BCUT2D eigenvalue weighted by atomic mass is 9.96. The van der Waals surface area contributed by atoms with Crippen LogP contribution < -0.4 is 10.6 Å². The Bertz CT molecular complexity index is 252. The van der Waals surface area contributed by atoms with Crippen LogP contribution >= 0.6 is 12.2 Å². The third-order valence-corrected chi connectivity index (χ3v) is 4.01. The maximum Gasteiger partial charge on any atom is 0.166 e. The van der Waals surface area contributed by atoms with Gasteiger partial charge in [-0.15, -0.1) is 0 Å². The van der Waals surface area contributed by atoms with Crippen molar-refractivity contribution in [1.82, 2.24) is 10.6 Å². The zero-order chi connectivity index (χ0) is 12.0. The van der Waals surface area contributed by atoms with Gasteiger partial charge in [0.15, 0.2) is 5.11 Å². The molecule has 0 amide bonds. The standard InChI is InChI=1S/C11H22N2OS2/c1-9(8-16(2)14)12-11(15)13-10-6-4-3-5-7-10/h9-10H,3-8H2,1-2H3,(H2,12,13,15). The molecule has 1 saturated carbocycles. The predicted octanol–water partition coefficient (Wildman–Crippen LogP) is 1.55. The molecule has 2 unspecified atom stereocenters. The van der Waals surface area contributed by atoms with Crippen LogP contribution in [0.5, 0.6) is 0 Å². The van der Waals surface area contributed by atoms with E-state index in [2.05, 4.69) is 10.6 Å². The zero-order valence-electron chi connectivity index (χ0n) is 10.1. The molecule has 0 aromatic heterocycles. The summed E-state index contributed by atoms with van der Waals surface area (Å²) in [7, 11) is -0.769. The molecule has 0 aliphatic heterocycles. The highest BCUT2D eigenvalue weighted by Crippen LogP contribution is 2.17. The van der Waals surface area contributed by atoms with Crippen molar-refractivity contribution in [2.24, 2.45) is 0 Å². The van der Waals surface area contributed by atoms with Gasteiger partial charge >= 0.3 is 0 Å². The first-order chi connectivity index (χ1) is 7.58. The minimum absolute atomic E-state index is 0.175. The van der Waals surface area contributed by atoms with E-state index in [1.807, 2.05) is 6.92 Å². The van der Waals surface area contributed by atoms with Gasteiger partial charge in [-0.05, 0) is 32.0 Å². The number of nitrogens with one attached hydrogen (secondary N) is 2. The molecule has 5 heteroatoms. The fourth-order valence-electron chi connectivity index (χ4n) is 2.09. The van der Waals surface area contributed by atoms with Crippen molar-refractivity contribution >= 4 is 28.1 Å². The summed E-state index contributed by atoms with van der Waals surface area (Å²) in [6.07, 6.45) is 8.11. The van der Waals surface area contributed by atoms with Crippen LogP contribution in [0.1, 0.15) is 39.0 Å². The summed E-state index contributed by atoms with van der Waals surface area (Å²) in [5.41, 5.74) is 0. The Morgan fingerprint density at radius 3 is 2.62 bits per heavy atom. The highest BCUT2D eigenvalue weighted by atomic mass is 32.2. The quantitative estimate of drug-likeness (QED) is 0.754. The summed E-state index contributed by atoms with van der Waals surface area (Å²) in [5.74, 6) is 0.645. The molecule has 1 aliphatic carbocycles. The van der Waals surface area contributed by atoms with Crippen molar-refractivity contribution in [2.45, 2.75) is 51.1 Å². The Hall–Kier alpha value is -0.160. The molecule has 3 nitrogen and oxygen atoms in total. The normalized spacial score (nSPS) is 21.1. The van der Waals surface area contributed by atoms with E-state index in [0.717, 1.165) is 0 Å². The van der Waals surface area contributed by atoms with Crippen LogP contribution in [0, 0.1) is 0 Å². The smallest absolute Gasteiger partial charge is 0.166 e. The van der Waals surface area contributed by atoms with Crippen LogP contribution in [-0.4, -0.2) is 33.4 Å². The van der Waals surface area contributed by atoms with Crippen molar-refractivity contribution in [1.29, 1.82) is 0 Å². The van der Waals surface area contributed by atoms with Crippen molar-refractivity contribution in [3.63, 3.8) is 0 Å². The fraction of sp³-hybridized carbons (Fsp3) is 0.909. The minimum Gasteiger partial charge on any atom is -0.360 e. The molecule has 1 aliphatic rings. The van der Waals surface area contributed by atoms with E-state index in [9.17, 15) is 4.21 Å². The summed E-state index contributed by atoms with van der Waals surface area (Å²) in [6.45, 7) is 2.01. The molecule has 0 spiro atoms. The number of hydrogen-bond donors (Lipinski definition) is 2. The summed E-state index contributed by atoms with van der Waals surface area (Å²) in [6, 6.07) is 0.711. The molecular weight excluding hydrogens is 240 g/mol. The van der Waals surface area contributed by atoms with Gasteiger partial charge in [-0.1, -0.05) is 19.3 Å². The van der Waals surface area contributed by atoms with Crippen LogP contribution in [0.25, 0.3) is 0 Å². The molecule has 0 saturated heterocycles. The highest BCUT2D eigenvalue weighted by Gasteiger charge is 2.14. The average molecular weight is 262 g/mol. The van der Waals surface area contributed by atoms with Gasteiger partial charge in [0, 0.05) is 34.9 Å². The lowest BCUT2D eigenvalue weighted by Gasteiger charge is -2.25. The van der Waals surface area contributed by atoms with Crippen LogP contribution in [0.15, 0.2) is 0 Å². The lowest BCUT2D eigenvalue weighted by molar-refractivity contribution is 0.411. The molecule has 0 bridgehead atoms. The summed E-state index contributed by atoms with van der Waals surface area (Å²) < 4.78 is 11.0. The van der Waals surface area contributed by atoms with Crippen molar-refractivity contribution in [3.05, 3.63) is 0 Å². The van der Waals surface area contributed by atoms with E-state index >= 15 is 0 Å². The van der Waals surface area contributed by atoms with Gasteiger partial charge in [-0.3, -0.25) is 4.21 Å². The van der Waals surface area contributed by atoms with E-state index < -0.39 is 10.8 Å². The van der Waals surface area contributed by atoms with Crippen LogP contribution in [0.3, 0.4) is 0 Å². The lowest BCUT2D eigenvalue weighted by Crippen LogP contribution is -2.47. The van der Waals surface area contributed by atoms with Crippen LogP contribution in [0.4, 0.5) is 0 Å². The third-order valence-electron chi connectivity index (χ3n) is 2.80. The fourth-order valence-corrected chi connectivity index (χ4v) is 3.25. The molecule has 0 aromatic carbocycles. The highest BCUT2D eigenvalue weighted by molar-refractivity contribution is 7.84. The molecule has 1 rings (SSSR count). The summed E-state index contributed by atoms with van der Waals surface area (Å²) >= 11 is 5.24. The summed E-state index contributed by atoms with van der Waals surface area (Å²) in [4.78, 5) is 0. The first-order valence-corrected chi connectivity index (χ1v) is 8.08. The van der Waals surface area contributed by atoms with E-state index in [1.165, 1.54) is 32.1 Å². The summed E-state index contributed by atoms with van der Waals surface area (Å²) in [5, 5.41) is 7.24. The number of rotatable bonds is 4. The van der Waals surface area contributed by atoms with Gasteiger partial charge in [0.25, 0.3) is 0 Å². The molecule has 0 aromatic rings. The molecule has 16 heavy (non-hydrogen) atoms. The minimum atomic E-state index is -0.769. The SMILES string of the molecule is CC(CS(C)=O)NC(=S)NC1CCCCC1. The Labute approximate surface area is 106 Å². The first-order valence-electron chi connectivity index (χ1n) is 5.95. The Balaban J connectivity index is 2.21. The second kappa shape index (κ2) is 7.22. The maximum atomic E-state index is 11.0. The van der Waals surface area contributed by atoms with Gasteiger partial charge < -0.3 is 10.6 Å². The van der Waals surface area contributed by atoms with Gasteiger partial charge in [0.2, 0.25) is 0 Å². The van der Waals surface area contributed by atoms with E-state index in [-0.39, 0.29) is 6.04 Å². The Morgan fingerprint density at radius 1 is 1.44 bits per heavy atom. The number of hydrogen-bond acceptors (Lipinski definition) is 2. The molecule has 2 atom stereocenters. The van der Waals surface area contributed by atoms with Crippen LogP contribution in [-0.2, 0) is 10.8 Å². The van der Waals surface area contributed by atoms with Gasteiger partial charge in [-0.2, -0.15) is 0 Å².